The van der Waals surface area contributed by atoms with E-state index in [4.69, 9.17) is 0 Å². The zero-order chi connectivity index (χ0) is 37.0. The average Bonchev–Trinajstić information content (AvgIpc) is 3.84. The van der Waals surface area contributed by atoms with Crippen molar-refractivity contribution >= 4 is 63.0 Å². The van der Waals surface area contributed by atoms with E-state index in [1.807, 2.05) is 22.7 Å². The second-order valence-electron chi connectivity index (χ2n) is 14.5. The predicted octanol–water partition coefficient (Wildman–Crippen LogP) is 16.4. The molecule has 2 aromatic heterocycles. The van der Waals surface area contributed by atoms with E-state index in [2.05, 4.69) is 206 Å². The molecule has 2 heteroatoms. The van der Waals surface area contributed by atoms with Gasteiger partial charge in [-0.05, 0) is 115 Å². The molecule has 0 saturated heterocycles. The summed E-state index contributed by atoms with van der Waals surface area (Å²) < 4.78 is 5.34. The van der Waals surface area contributed by atoms with Crippen LogP contribution in [0.4, 0.5) is 0 Å². The van der Waals surface area contributed by atoms with Gasteiger partial charge in [-0.15, -0.1) is 22.7 Å². The molecular weight excluding hydrogens is 713 g/mol. The minimum atomic E-state index is 1.21. The van der Waals surface area contributed by atoms with Crippen molar-refractivity contribution < 1.29 is 0 Å². The lowest BCUT2D eigenvalue weighted by molar-refractivity contribution is 1.56. The Labute approximate surface area is 334 Å². The maximum atomic E-state index is 2.34. The van der Waals surface area contributed by atoms with Gasteiger partial charge >= 0.3 is 0 Å². The van der Waals surface area contributed by atoms with E-state index in [0.29, 0.717) is 0 Å². The number of rotatable bonds is 6. The third-order valence-electron chi connectivity index (χ3n) is 11.1. The minimum absolute atomic E-state index is 1.21. The summed E-state index contributed by atoms with van der Waals surface area (Å²) in [6.07, 6.45) is 0. The summed E-state index contributed by atoms with van der Waals surface area (Å²) in [6, 6.07) is 75.9. The fraction of sp³-hybridized carbons (Fsp3) is 0. The lowest BCUT2D eigenvalue weighted by Gasteiger charge is -2.11. The molecule has 0 aliphatic carbocycles. The van der Waals surface area contributed by atoms with Crippen LogP contribution in [0.15, 0.2) is 206 Å². The lowest BCUT2D eigenvalue weighted by Crippen LogP contribution is -1.85. The van der Waals surface area contributed by atoms with Crippen molar-refractivity contribution in [2.75, 3.05) is 0 Å². The minimum Gasteiger partial charge on any atom is -0.135 e. The molecule has 0 aliphatic rings. The Morgan fingerprint density at radius 2 is 0.446 bits per heavy atom. The van der Waals surface area contributed by atoms with Crippen molar-refractivity contribution in [1.82, 2.24) is 0 Å². The molecule has 11 aromatic rings. The highest BCUT2D eigenvalue weighted by Gasteiger charge is 2.11. The van der Waals surface area contributed by atoms with Gasteiger partial charge in [-0.25, -0.2) is 0 Å². The van der Waals surface area contributed by atoms with Crippen molar-refractivity contribution in [3.05, 3.63) is 206 Å². The Morgan fingerprint density at radius 1 is 0.179 bits per heavy atom. The van der Waals surface area contributed by atoms with Gasteiger partial charge in [0.2, 0.25) is 0 Å². The second-order valence-corrected chi connectivity index (χ2v) is 16.7. The lowest BCUT2D eigenvalue weighted by atomic mass is 9.94. The molecule has 2 heterocycles. The van der Waals surface area contributed by atoms with Crippen LogP contribution >= 0.6 is 22.7 Å². The van der Waals surface area contributed by atoms with E-state index in [9.17, 15) is 0 Å². The molecule has 262 valence electrons. The fourth-order valence-electron chi connectivity index (χ4n) is 8.18. The quantitative estimate of drug-likeness (QED) is 0.159. The van der Waals surface area contributed by atoms with Crippen LogP contribution in [0.3, 0.4) is 0 Å². The SMILES string of the molecule is c1cc(-c2ccc(-c3cccc(-c4cccc(-c5ccc6c(c5)sc5ccccc56)c4)c3)cc2)cc(-c2cccc(-c3ccc4c(c3)sc3ccccc34)c2)c1. The first-order valence-corrected chi connectivity index (χ1v) is 20.7. The van der Waals surface area contributed by atoms with Gasteiger partial charge in [-0.3, -0.25) is 0 Å². The normalized spacial score (nSPS) is 11.6. The summed E-state index contributed by atoms with van der Waals surface area (Å²) in [5.74, 6) is 0. The van der Waals surface area contributed by atoms with Crippen LogP contribution in [0, 0.1) is 0 Å². The van der Waals surface area contributed by atoms with Crippen molar-refractivity contribution in [3.63, 3.8) is 0 Å². The maximum Gasteiger partial charge on any atom is 0.0361 e. The van der Waals surface area contributed by atoms with Crippen molar-refractivity contribution in [3.8, 4) is 66.8 Å². The first kappa shape index (κ1) is 32.8. The van der Waals surface area contributed by atoms with E-state index < -0.39 is 0 Å². The molecule has 9 aromatic carbocycles. The van der Waals surface area contributed by atoms with Crippen LogP contribution in [0.5, 0.6) is 0 Å². The third kappa shape index (κ3) is 5.92. The molecule has 0 bridgehead atoms. The maximum absolute atomic E-state index is 2.34. The van der Waals surface area contributed by atoms with Gasteiger partial charge in [0.05, 0.1) is 0 Å². The van der Waals surface area contributed by atoms with Gasteiger partial charge in [0.15, 0.2) is 0 Å². The first-order valence-electron chi connectivity index (χ1n) is 19.1. The Hall–Kier alpha value is -6.58. The molecule has 0 N–H and O–H groups in total. The van der Waals surface area contributed by atoms with Gasteiger partial charge in [-0.2, -0.15) is 0 Å². The molecule has 0 spiro atoms. The summed E-state index contributed by atoms with van der Waals surface area (Å²) in [5, 5.41) is 5.34. The monoisotopic (exact) mass is 746 g/mol. The first-order chi connectivity index (χ1) is 27.7. The van der Waals surface area contributed by atoms with Gasteiger partial charge in [0, 0.05) is 40.3 Å². The summed E-state index contributed by atoms with van der Waals surface area (Å²) in [5.41, 5.74) is 14.7. The summed E-state index contributed by atoms with van der Waals surface area (Å²) in [7, 11) is 0. The van der Waals surface area contributed by atoms with Crippen LogP contribution < -0.4 is 0 Å². The Bertz CT molecular complexity index is 3030. The predicted molar refractivity (Wildman–Crippen MR) is 245 cm³/mol. The smallest absolute Gasteiger partial charge is 0.0361 e. The molecule has 0 saturated carbocycles. The largest absolute Gasteiger partial charge is 0.135 e. The Morgan fingerprint density at radius 3 is 0.804 bits per heavy atom. The molecule has 0 radical (unpaired) electrons. The molecule has 0 atom stereocenters. The van der Waals surface area contributed by atoms with Crippen molar-refractivity contribution in [1.29, 1.82) is 0 Å². The molecule has 56 heavy (non-hydrogen) atoms. The van der Waals surface area contributed by atoms with Crippen LogP contribution in [-0.4, -0.2) is 0 Å². The summed E-state index contributed by atoms with van der Waals surface area (Å²) in [6.45, 7) is 0. The zero-order valence-electron chi connectivity index (χ0n) is 30.4. The Balaban J connectivity index is 0.848. The number of hydrogen-bond acceptors (Lipinski definition) is 2. The molecule has 0 nitrogen and oxygen atoms in total. The molecule has 0 fully saturated rings. The number of benzene rings is 9. The molecular formula is C54H34S2. The highest BCUT2D eigenvalue weighted by atomic mass is 32.1. The molecule has 0 amide bonds. The van der Waals surface area contributed by atoms with Crippen molar-refractivity contribution in [2.24, 2.45) is 0 Å². The highest BCUT2D eigenvalue weighted by molar-refractivity contribution is 7.26. The fourth-order valence-corrected chi connectivity index (χ4v) is 10.5. The Kier molecular flexibility index (Phi) is 7.98. The van der Waals surface area contributed by atoms with Crippen LogP contribution in [0.2, 0.25) is 0 Å². The van der Waals surface area contributed by atoms with Crippen molar-refractivity contribution in [2.45, 2.75) is 0 Å². The highest BCUT2D eigenvalue weighted by Crippen LogP contribution is 2.39. The van der Waals surface area contributed by atoms with Crippen LogP contribution in [0.25, 0.3) is 107 Å². The van der Waals surface area contributed by atoms with Gasteiger partial charge in [0.1, 0.15) is 0 Å². The zero-order valence-corrected chi connectivity index (χ0v) is 32.1. The van der Waals surface area contributed by atoms with Gasteiger partial charge in [0.25, 0.3) is 0 Å². The third-order valence-corrected chi connectivity index (χ3v) is 13.4. The van der Waals surface area contributed by atoms with E-state index in [-0.39, 0.29) is 0 Å². The standard InChI is InChI=1S/C54H34S2/c1-3-19-51-47(17-1)49-27-25-45(33-53(49)55-51)43-15-7-13-41(31-43)39-11-5-9-37(29-39)35-21-23-36(24-22-35)38-10-6-12-40(30-38)42-14-8-16-44(32-42)46-26-28-50-48-18-2-4-20-52(48)56-54(50)34-46/h1-34H. The van der Waals surface area contributed by atoms with E-state index in [0.717, 1.165) is 0 Å². The molecule has 0 aliphatic heterocycles. The topological polar surface area (TPSA) is 0 Å². The van der Waals surface area contributed by atoms with Gasteiger partial charge in [-0.1, -0.05) is 158 Å². The van der Waals surface area contributed by atoms with E-state index in [1.165, 1.54) is 107 Å². The molecule has 0 unspecified atom stereocenters. The van der Waals surface area contributed by atoms with Crippen LogP contribution in [0.1, 0.15) is 0 Å². The molecule has 11 rings (SSSR count). The van der Waals surface area contributed by atoms with Gasteiger partial charge < -0.3 is 0 Å². The summed E-state index contributed by atoms with van der Waals surface area (Å²) in [4.78, 5) is 0. The number of thiophene rings is 2. The summed E-state index contributed by atoms with van der Waals surface area (Å²) >= 11 is 3.74. The van der Waals surface area contributed by atoms with E-state index in [1.54, 1.807) is 0 Å². The van der Waals surface area contributed by atoms with E-state index >= 15 is 0 Å². The number of fused-ring (bicyclic) bond motifs is 6. The van der Waals surface area contributed by atoms with Crippen LogP contribution in [-0.2, 0) is 0 Å². The number of hydrogen-bond donors (Lipinski definition) is 0. The second kappa shape index (κ2) is 13.6. The average molecular weight is 747 g/mol.